The molecule has 1 N–H and O–H groups in total. The van der Waals surface area contributed by atoms with Gasteiger partial charge in [-0.15, -0.1) is 0 Å². The summed E-state index contributed by atoms with van der Waals surface area (Å²) in [6, 6.07) is 13.0. The lowest BCUT2D eigenvalue weighted by Crippen LogP contribution is -2.50. The Kier molecular flexibility index (Phi) is 7.51. The van der Waals surface area contributed by atoms with Gasteiger partial charge in [0.25, 0.3) is 0 Å². The number of amides is 2. The Morgan fingerprint density at radius 3 is 2.59 bits per heavy atom. The number of ether oxygens (including phenoxy) is 2. The number of carbonyl (C=O) groups is 1. The van der Waals surface area contributed by atoms with Crippen molar-refractivity contribution in [1.82, 2.24) is 10.2 Å². The number of hydrogen-bond acceptors (Lipinski definition) is 5. The zero-order chi connectivity index (χ0) is 23.3. The van der Waals surface area contributed by atoms with Crippen molar-refractivity contribution < 1.29 is 19.1 Å². The monoisotopic (exact) mass is 459 g/mol. The summed E-state index contributed by atoms with van der Waals surface area (Å²) in [6.45, 7) is 6.65. The molecule has 1 unspecified atom stereocenters. The Balaban J connectivity index is 1.72. The average Bonchev–Trinajstić information content (AvgIpc) is 3.20. The number of rotatable bonds is 7. The van der Waals surface area contributed by atoms with Gasteiger partial charge in [0.2, 0.25) is 0 Å². The SMILES string of the molecule is COc1ccc(C2=NOC(CN(Cc3cccc(Cl)c3)C(=O)NC(C)(C)C)C2)cc1OC. The Morgan fingerprint density at radius 1 is 1.19 bits per heavy atom. The molecule has 0 saturated heterocycles. The van der Waals surface area contributed by atoms with Gasteiger partial charge in [0.05, 0.1) is 26.5 Å². The van der Waals surface area contributed by atoms with Gasteiger partial charge in [-0.1, -0.05) is 28.9 Å². The Labute approximate surface area is 194 Å². The number of halogens is 1. The highest BCUT2D eigenvalue weighted by molar-refractivity contribution is 6.30. The number of urea groups is 1. The fourth-order valence-corrected chi connectivity index (χ4v) is 3.65. The molecule has 32 heavy (non-hydrogen) atoms. The van der Waals surface area contributed by atoms with Gasteiger partial charge in [-0.2, -0.15) is 0 Å². The fraction of sp³-hybridized carbons (Fsp3) is 0.417. The van der Waals surface area contributed by atoms with Crippen LogP contribution in [0, 0.1) is 0 Å². The number of nitrogens with zero attached hydrogens (tertiary/aromatic N) is 2. The molecule has 2 aromatic carbocycles. The van der Waals surface area contributed by atoms with Crippen molar-refractivity contribution in [2.24, 2.45) is 5.16 Å². The molecule has 1 atom stereocenters. The molecule has 0 saturated carbocycles. The van der Waals surface area contributed by atoms with Crippen molar-refractivity contribution in [3.05, 3.63) is 58.6 Å². The highest BCUT2D eigenvalue weighted by atomic mass is 35.5. The summed E-state index contributed by atoms with van der Waals surface area (Å²) in [5.74, 6) is 1.28. The molecule has 2 amide bonds. The molecule has 1 aliphatic rings. The quantitative estimate of drug-likeness (QED) is 0.641. The van der Waals surface area contributed by atoms with Gasteiger partial charge in [0, 0.05) is 29.1 Å². The number of hydrogen-bond donors (Lipinski definition) is 1. The van der Waals surface area contributed by atoms with Crippen LogP contribution in [0.3, 0.4) is 0 Å². The van der Waals surface area contributed by atoms with E-state index in [1.54, 1.807) is 19.1 Å². The molecule has 0 bridgehead atoms. The Bertz CT molecular complexity index is 987. The van der Waals surface area contributed by atoms with E-state index in [9.17, 15) is 4.79 Å². The van der Waals surface area contributed by atoms with E-state index < -0.39 is 0 Å². The molecule has 0 radical (unpaired) electrons. The minimum Gasteiger partial charge on any atom is -0.493 e. The van der Waals surface area contributed by atoms with Crippen molar-refractivity contribution in [2.75, 3.05) is 20.8 Å². The maximum atomic E-state index is 13.0. The summed E-state index contributed by atoms with van der Waals surface area (Å²) >= 11 is 6.14. The molecule has 7 nitrogen and oxygen atoms in total. The van der Waals surface area contributed by atoms with Gasteiger partial charge in [0.15, 0.2) is 17.6 Å². The van der Waals surface area contributed by atoms with Gasteiger partial charge in [-0.25, -0.2) is 4.79 Å². The number of carbonyl (C=O) groups excluding carboxylic acids is 1. The molecule has 3 rings (SSSR count). The number of methoxy groups -OCH3 is 2. The number of nitrogens with one attached hydrogen (secondary N) is 1. The van der Waals surface area contributed by atoms with E-state index in [2.05, 4.69) is 10.5 Å². The fourth-order valence-electron chi connectivity index (χ4n) is 3.43. The van der Waals surface area contributed by atoms with Crippen LogP contribution in [0.1, 0.15) is 38.3 Å². The van der Waals surface area contributed by atoms with Crippen LogP contribution < -0.4 is 14.8 Å². The van der Waals surface area contributed by atoms with E-state index in [1.807, 2.05) is 63.2 Å². The molecule has 0 spiro atoms. The van der Waals surface area contributed by atoms with E-state index in [0.29, 0.717) is 36.0 Å². The van der Waals surface area contributed by atoms with Crippen LogP contribution in [0.25, 0.3) is 0 Å². The lowest BCUT2D eigenvalue weighted by atomic mass is 10.0. The summed E-state index contributed by atoms with van der Waals surface area (Å²) in [5.41, 5.74) is 2.28. The predicted molar refractivity (Wildman–Crippen MR) is 126 cm³/mol. The average molecular weight is 460 g/mol. The second-order valence-electron chi connectivity index (χ2n) is 8.73. The predicted octanol–water partition coefficient (Wildman–Crippen LogP) is 4.86. The number of benzene rings is 2. The first-order valence-electron chi connectivity index (χ1n) is 10.4. The topological polar surface area (TPSA) is 72.4 Å². The Hall–Kier alpha value is -2.93. The first kappa shape index (κ1) is 23.7. The zero-order valence-electron chi connectivity index (χ0n) is 19.1. The minimum absolute atomic E-state index is 0.166. The summed E-state index contributed by atoms with van der Waals surface area (Å²) < 4.78 is 10.7. The molecule has 0 fully saturated rings. The molecule has 2 aromatic rings. The first-order chi connectivity index (χ1) is 15.2. The second-order valence-corrected chi connectivity index (χ2v) is 9.17. The van der Waals surface area contributed by atoms with Crippen LogP contribution >= 0.6 is 11.6 Å². The van der Waals surface area contributed by atoms with Crippen LogP contribution in [0.15, 0.2) is 47.6 Å². The van der Waals surface area contributed by atoms with Crippen molar-refractivity contribution in [2.45, 2.75) is 45.4 Å². The molecule has 1 heterocycles. The van der Waals surface area contributed by atoms with Crippen LogP contribution in [0.5, 0.6) is 11.5 Å². The van der Waals surface area contributed by atoms with E-state index in [4.69, 9.17) is 25.9 Å². The summed E-state index contributed by atoms with van der Waals surface area (Å²) in [6.07, 6.45) is 0.313. The molecule has 8 heteroatoms. The zero-order valence-corrected chi connectivity index (χ0v) is 19.9. The van der Waals surface area contributed by atoms with Gasteiger partial charge < -0.3 is 24.5 Å². The van der Waals surface area contributed by atoms with Crippen LogP contribution in [-0.2, 0) is 11.4 Å². The first-order valence-corrected chi connectivity index (χ1v) is 10.8. The van der Waals surface area contributed by atoms with Gasteiger partial charge >= 0.3 is 6.03 Å². The lowest BCUT2D eigenvalue weighted by Gasteiger charge is -2.29. The molecule has 0 aromatic heterocycles. The molecule has 0 aliphatic carbocycles. The van der Waals surface area contributed by atoms with Crippen molar-refractivity contribution in [1.29, 1.82) is 0 Å². The third-order valence-corrected chi connectivity index (χ3v) is 5.14. The molecular formula is C24H30ClN3O4. The normalized spacial score (nSPS) is 15.6. The van der Waals surface area contributed by atoms with Crippen molar-refractivity contribution >= 4 is 23.3 Å². The lowest BCUT2D eigenvalue weighted by molar-refractivity contribution is 0.0580. The molecule has 172 valence electrons. The van der Waals surface area contributed by atoms with Crippen LogP contribution in [-0.4, -0.2) is 49.0 Å². The highest BCUT2D eigenvalue weighted by Crippen LogP contribution is 2.29. The standard InChI is InChI=1S/C24H30ClN3O4/c1-24(2,3)26-23(29)28(14-16-7-6-8-18(25)11-16)15-19-13-20(27-32-19)17-9-10-21(30-4)22(12-17)31-5/h6-12,19H,13-15H2,1-5H3,(H,26,29). The van der Waals surface area contributed by atoms with Gasteiger partial charge in [0.1, 0.15) is 0 Å². The summed E-state index contributed by atoms with van der Waals surface area (Å²) in [5, 5.41) is 7.93. The van der Waals surface area contributed by atoms with E-state index in [1.165, 1.54) is 0 Å². The van der Waals surface area contributed by atoms with Crippen molar-refractivity contribution in [3.63, 3.8) is 0 Å². The number of oxime groups is 1. The minimum atomic E-state index is -0.360. The van der Waals surface area contributed by atoms with E-state index in [0.717, 1.165) is 16.8 Å². The Morgan fingerprint density at radius 2 is 1.94 bits per heavy atom. The van der Waals surface area contributed by atoms with E-state index in [-0.39, 0.29) is 17.7 Å². The highest BCUT2D eigenvalue weighted by Gasteiger charge is 2.28. The molecular weight excluding hydrogens is 430 g/mol. The van der Waals surface area contributed by atoms with Crippen LogP contribution in [0.2, 0.25) is 5.02 Å². The summed E-state index contributed by atoms with van der Waals surface area (Å²) in [4.78, 5) is 20.4. The van der Waals surface area contributed by atoms with Crippen LogP contribution in [0.4, 0.5) is 4.79 Å². The third-order valence-electron chi connectivity index (χ3n) is 4.91. The third kappa shape index (κ3) is 6.29. The van der Waals surface area contributed by atoms with Crippen molar-refractivity contribution in [3.8, 4) is 11.5 Å². The van der Waals surface area contributed by atoms with Gasteiger partial charge in [-0.3, -0.25) is 0 Å². The summed E-state index contributed by atoms with van der Waals surface area (Å²) in [7, 11) is 3.19. The maximum Gasteiger partial charge on any atom is 0.318 e. The largest absolute Gasteiger partial charge is 0.493 e. The second kappa shape index (κ2) is 10.1. The van der Waals surface area contributed by atoms with Gasteiger partial charge in [-0.05, 0) is 56.7 Å². The smallest absolute Gasteiger partial charge is 0.318 e. The van der Waals surface area contributed by atoms with E-state index >= 15 is 0 Å². The molecule has 1 aliphatic heterocycles. The maximum absolute atomic E-state index is 13.0.